The van der Waals surface area contributed by atoms with E-state index in [-0.39, 0.29) is 11.3 Å². The number of carbonyl (C=O) groups is 1. The molecule has 2 heterocycles. The zero-order valence-electron chi connectivity index (χ0n) is 17.7. The average molecular weight is 506 g/mol. The first-order valence-corrected chi connectivity index (χ1v) is 11.6. The minimum atomic E-state index is -0.311. The Hall–Kier alpha value is -2.03. The number of carbonyl (C=O) groups excluding carboxylic acids is 1. The van der Waals surface area contributed by atoms with Crippen LogP contribution in [0.5, 0.6) is 0 Å². The number of nitrogens with zero attached hydrogens (tertiary/aromatic N) is 4. The summed E-state index contributed by atoms with van der Waals surface area (Å²) in [5.41, 5.74) is 8.03. The summed E-state index contributed by atoms with van der Waals surface area (Å²) in [4.78, 5) is 21.7. The molecule has 7 nitrogen and oxygen atoms in total. The number of benzene rings is 1. The van der Waals surface area contributed by atoms with Crippen molar-refractivity contribution in [3.63, 3.8) is 0 Å². The van der Waals surface area contributed by atoms with Gasteiger partial charge in [0.05, 0.1) is 11.1 Å². The second kappa shape index (κ2) is 8.84. The lowest BCUT2D eigenvalue weighted by molar-refractivity contribution is -0.129. The molecular formula is C22H26BrClN6O. The molecule has 1 amide bonds. The fourth-order valence-corrected chi connectivity index (χ4v) is 5.24. The molecule has 0 unspecified atom stereocenters. The second-order valence-corrected chi connectivity index (χ2v) is 9.72. The van der Waals surface area contributed by atoms with E-state index in [2.05, 4.69) is 31.3 Å². The SMILES string of the molecule is CNC(=O)[C@]1(C)CC[C@@H](Cc2ncc3c(Br)nn(-c4cc(Cl)cc(CCN)c4)c3n2)C1. The number of aromatic nitrogens is 4. The Morgan fingerprint density at radius 1 is 1.42 bits per heavy atom. The second-order valence-electron chi connectivity index (χ2n) is 8.54. The molecule has 2 aromatic heterocycles. The van der Waals surface area contributed by atoms with Crippen LogP contribution in [0.25, 0.3) is 16.7 Å². The predicted octanol–water partition coefficient (Wildman–Crippen LogP) is 3.83. The van der Waals surface area contributed by atoms with Gasteiger partial charge < -0.3 is 11.1 Å². The van der Waals surface area contributed by atoms with Crippen molar-refractivity contribution in [1.82, 2.24) is 25.1 Å². The molecule has 0 bridgehead atoms. The Kier molecular flexibility index (Phi) is 6.32. The lowest BCUT2D eigenvalue weighted by Gasteiger charge is -2.21. The maximum atomic E-state index is 12.2. The molecule has 31 heavy (non-hydrogen) atoms. The van der Waals surface area contributed by atoms with E-state index in [1.54, 1.807) is 11.7 Å². The lowest BCUT2D eigenvalue weighted by Crippen LogP contribution is -2.35. The highest BCUT2D eigenvalue weighted by molar-refractivity contribution is 9.10. The van der Waals surface area contributed by atoms with Gasteiger partial charge in [-0.05, 0) is 77.8 Å². The number of fused-ring (bicyclic) bond motifs is 1. The van der Waals surface area contributed by atoms with Crippen molar-refractivity contribution in [2.24, 2.45) is 17.1 Å². The summed E-state index contributed by atoms with van der Waals surface area (Å²) in [6.45, 7) is 2.59. The molecule has 2 atom stereocenters. The normalized spacial score (nSPS) is 21.0. The molecule has 9 heteroatoms. The molecular weight excluding hydrogens is 480 g/mol. The molecule has 4 rings (SSSR count). The van der Waals surface area contributed by atoms with E-state index in [1.807, 2.05) is 31.3 Å². The number of nitrogens with two attached hydrogens (primary N) is 1. The summed E-state index contributed by atoms with van der Waals surface area (Å²) in [6, 6.07) is 5.82. The number of nitrogens with one attached hydrogen (secondary N) is 1. The van der Waals surface area contributed by atoms with Gasteiger partial charge in [0, 0.05) is 30.1 Å². The van der Waals surface area contributed by atoms with Gasteiger partial charge in [-0.25, -0.2) is 14.6 Å². The summed E-state index contributed by atoms with van der Waals surface area (Å²) in [5.74, 6) is 1.25. The number of rotatable bonds is 6. The zero-order valence-corrected chi connectivity index (χ0v) is 20.0. The van der Waals surface area contributed by atoms with Crippen molar-refractivity contribution in [2.75, 3.05) is 13.6 Å². The Balaban J connectivity index is 1.65. The monoisotopic (exact) mass is 504 g/mol. The maximum Gasteiger partial charge on any atom is 0.225 e. The molecule has 0 aliphatic heterocycles. The summed E-state index contributed by atoms with van der Waals surface area (Å²) in [6.07, 6.45) is 6.00. The molecule has 1 aliphatic carbocycles. The number of amides is 1. The van der Waals surface area contributed by atoms with Gasteiger partial charge in [-0.2, -0.15) is 5.10 Å². The van der Waals surface area contributed by atoms with Gasteiger partial charge in [0.2, 0.25) is 5.91 Å². The van der Waals surface area contributed by atoms with Crippen LogP contribution in [-0.2, 0) is 17.6 Å². The molecule has 1 aromatic carbocycles. The van der Waals surface area contributed by atoms with Crippen LogP contribution in [-0.4, -0.2) is 39.2 Å². The third-order valence-electron chi connectivity index (χ3n) is 6.14. The van der Waals surface area contributed by atoms with Gasteiger partial charge in [-0.1, -0.05) is 18.5 Å². The molecule has 1 saturated carbocycles. The molecule has 1 fully saturated rings. The van der Waals surface area contributed by atoms with Crippen LogP contribution in [0, 0.1) is 11.3 Å². The van der Waals surface area contributed by atoms with E-state index >= 15 is 0 Å². The van der Waals surface area contributed by atoms with Crippen LogP contribution in [0.15, 0.2) is 29.0 Å². The highest BCUT2D eigenvalue weighted by atomic mass is 79.9. The fourth-order valence-electron chi connectivity index (χ4n) is 4.55. The molecule has 0 radical (unpaired) electrons. The molecule has 3 N–H and O–H groups in total. The third kappa shape index (κ3) is 4.47. The topological polar surface area (TPSA) is 98.7 Å². The fraction of sp³-hybridized carbons (Fsp3) is 0.455. The number of hydrogen-bond acceptors (Lipinski definition) is 5. The Morgan fingerprint density at radius 2 is 2.23 bits per heavy atom. The molecule has 0 spiro atoms. The molecule has 1 aliphatic rings. The van der Waals surface area contributed by atoms with Crippen molar-refractivity contribution in [2.45, 2.75) is 39.0 Å². The van der Waals surface area contributed by atoms with E-state index in [9.17, 15) is 4.79 Å². The van der Waals surface area contributed by atoms with Crippen molar-refractivity contribution >= 4 is 44.5 Å². The van der Waals surface area contributed by atoms with E-state index in [0.29, 0.717) is 22.1 Å². The van der Waals surface area contributed by atoms with E-state index in [0.717, 1.165) is 60.2 Å². The highest BCUT2D eigenvalue weighted by Gasteiger charge is 2.40. The average Bonchev–Trinajstić information content (AvgIpc) is 3.28. The number of halogens is 2. The van der Waals surface area contributed by atoms with E-state index in [1.165, 1.54) is 0 Å². The lowest BCUT2D eigenvalue weighted by atomic mass is 9.86. The van der Waals surface area contributed by atoms with Crippen molar-refractivity contribution in [3.8, 4) is 5.69 Å². The molecule has 0 saturated heterocycles. The molecule has 3 aromatic rings. The van der Waals surface area contributed by atoms with Gasteiger partial charge in [0.1, 0.15) is 10.4 Å². The standard InChI is InChI=1S/C22H26BrClN6O/c1-22(21(31)26-2)5-3-14(11-22)9-18-27-12-17-19(23)29-30(20(17)28-18)16-8-13(4-6-25)7-15(24)10-16/h7-8,10,12,14H,3-6,9,11,25H2,1-2H3,(H,26,31)/t14-,22+/m0/s1. The first kappa shape index (κ1) is 22.2. The highest BCUT2D eigenvalue weighted by Crippen LogP contribution is 2.42. The largest absolute Gasteiger partial charge is 0.359 e. The third-order valence-corrected chi connectivity index (χ3v) is 6.94. The van der Waals surface area contributed by atoms with Crippen LogP contribution in [0.4, 0.5) is 0 Å². The zero-order chi connectivity index (χ0) is 22.2. The maximum absolute atomic E-state index is 12.2. The Labute approximate surface area is 194 Å². The van der Waals surface area contributed by atoms with Crippen LogP contribution < -0.4 is 11.1 Å². The van der Waals surface area contributed by atoms with Crippen LogP contribution in [0.1, 0.15) is 37.6 Å². The van der Waals surface area contributed by atoms with Gasteiger partial charge in [0.15, 0.2) is 5.65 Å². The van der Waals surface area contributed by atoms with Crippen molar-refractivity contribution in [3.05, 3.63) is 45.4 Å². The summed E-state index contributed by atoms with van der Waals surface area (Å²) < 4.78 is 2.47. The Morgan fingerprint density at radius 3 is 2.97 bits per heavy atom. The van der Waals surface area contributed by atoms with Gasteiger partial charge in [0.25, 0.3) is 0 Å². The first-order chi connectivity index (χ1) is 14.8. The van der Waals surface area contributed by atoms with Crippen molar-refractivity contribution in [1.29, 1.82) is 0 Å². The quantitative estimate of drug-likeness (QED) is 0.530. The van der Waals surface area contributed by atoms with Crippen LogP contribution >= 0.6 is 27.5 Å². The summed E-state index contributed by atoms with van der Waals surface area (Å²) in [5, 5.41) is 8.89. The van der Waals surface area contributed by atoms with E-state index in [4.69, 9.17) is 22.3 Å². The summed E-state index contributed by atoms with van der Waals surface area (Å²) >= 11 is 9.87. The Bertz CT molecular complexity index is 1130. The van der Waals surface area contributed by atoms with E-state index < -0.39 is 0 Å². The minimum absolute atomic E-state index is 0.114. The first-order valence-electron chi connectivity index (χ1n) is 10.4. The smallest absolute Gasteiger partial charge is 0.225 e. The number of hydrogen-bond donors (Lipinski definition) is 2. The van der Waals surface area contributed by atoms with Gasteiger partial charge in [-0.3, -0.25) is 4.79 Å². The van der Waals surface area contributed by atoms with Crippen LogP contribution in [0.3, 0.4) is 0 Å². The van der Waals surface area contributed by atoms with Crippen molar-refractivity contribution < 1.29 is 4.79 Å². The van der Waals surface area contributed by atoms with Gasteiger partial charge in [-0.15, -0.1) is 0 Å². The van der Waals surface area contributed by atoms with Gasteiger partial charge >= 0.3 is 0 Å². The predicted molar refractivity (Wildman–Crippen MR) is 125 cm³/mol. The minimum Gasteiger partial charge on any atom is -0.359 e. The summed E-state index contributed by atoms with van der Waals surface area (Å²) in [7, 11) is 1.70. The molecule has 164 valence electrons. The van der Waals surface area contributed by atoms with Crippen LogP contribution in [0.2, 0.25) is 5.02 Å².